The first-order valence-corrected chi connectivity index (χ1v) is 12.5. The van der Waals surface area contributed by atoms with Gasteiger partial charge in [-0.1, -0.05) is 0 Å². The molecule has 0 aromatic rings. The van der Waals surface area contributed by atoms with Gasteiger partial charge in [-0.25, -0.2) is 0 Å². The second-order valence-corrected chi connectivity index (χ2v) is 12.7. The molecule has 2 unspecified atom stereocenters. The van der Waals surface area contributed by atoms with E-state index in [1.54, 1.807) is 18.8 Å². The van der Waals surface area contributed by atoms with Crippen LogP contribution < -0.4 is 0 Å². The molecule has 7 heteroatoms. The topological polar surface area (TPSA) is 76.7 Å². The number of nitrogens with zero attached hydrogens (tertiary/aromatic N) is 3. The van der Waals surface area contributed by atoms with Crippen molar-refractivity contribution in [2.75, 3.05) is 24.4 Å². The summed E-state index contributed by atoms with van der Waals surface area (Å²) in [6.45, 7) is 0.535. The molecule has 1 rings (SSSR count). The van der Waals surface area contributed by atoms with Crippen LogP contribution in [0.1, 0.15) is 38.5 Å². The van der Waals surface area contributed by atoms with E-state index in [9.17, 15) is 4.79 Å². The summed E-state index contributed by atoms with van der Waals surface area (Å²) >= 11 is -0.160. The van der Waals surface area contributed by atoms with Crippen molar-refractivity contribution in [3.63, 3.8) is 0 Å². The zero-order valence-electron chi connectivity index (χ0n) is 12.9. The van der Waals surface area contributed by atoms with Gasteiger partial charge in [0, 0.05) is 0 Å². The van der Waals surface area contributed by atoms with Gasteiger partial charge in [0.25, 0.3) is 0 Å². The average molecular weight is 375 g/mol. The Hall–Kier alpha value is -0.532. The molecule has 0 bridgehead atoms. The Morgan fingerprint density at radius 1 is 1.52 bits per heavy atom. The van der Waals surface area contributed by atoms with Gasteiger partial charge in [0.05, 0.1) is 0 Å². The van der Waals surface area contributed by atoms with Crippen LogP contribution in [0.2, 0.25) is 4.71 Å². The van der Waals surface area contributed by atoms with Gasteiger partial charge in [-0.3, -0.25) is 0 Å². The van der Waals surface area contributed by atoms with Crippen molar-refractivity contribution in [3.05, 3.63) is 0 Å². The monoisotopic (exact) mass is 375 g/mol. The van der Waals surface area contributed by atoms with E-state index >= 15 is 0 Å². The maximum absolute atomic E-state index is 11.1. The molecule has 1 N–H and O–H groups in total. The Bertz CT molecular complexity index is 406. The number of nitriles is 1. The number of rotatable bonds is 7. The molecule has 0 saturated heterocycles. The SMILES string of the molecule is CSC[AsH](=NC#N)C(CC1CCCCC1)CN(C)C(=O)O. The number of hydrogen-bond donors (Lipinski definition) is 1. The van der Waals surface area contributed by atoms with E-state index in [1.807, 2.05) is 12.4 Å². The summed E-state index contributed by atoms with van der Waals surface area (Å²) in [5, 5.41) is 18.1. The molecule has 21 heavy (non-hydrogen) atoms. The predicted molar refractivity (Wildman–Crippen MR) is 89.2 cm³/mol. The van der Waals surface area contributed by atoms with Gasteiger partial charge in [-0.2, -0.15) is 0 Å². The second kappa shape index (κ2) is 10.2. The Morgan fingerprint density at radius 2 is 2.19 bits per heavy atom. The number of carbonyl (C=O) groups is 1. The molecular formula is C14H26AsN3O2S. The molecule has 1 amide bonds. The van der Waals surface area contributed by atoms with Crippen LogP contribution in [0.4, 0.5) is 4.79 Å². The average Bonchev–Trinajstić information content (AvgIpc) is 2.47. The molecule has 0 heterocycles. The van der Waals surface area contributed by atoms with E-state index in [0.717, 1.165) is 11.0 Å². The third kappa shape index (κ3) is 6.84. The molecule has 2 atom stereocenters. The standard InChI is InChI=1S/C14H26AsN3O2S/c1-18(14(19)20)9-13(15(10-21-2)17-11-16)8-12-6-4-3-5-7-12/h12-13,15H,3-10H2,1-2H3,(H,19,20). The van der Waals surface area contributed by atoms with Crippen LogP contribution in [0.15, 0.2) is 3.86 Å². The van der Waals surface area contributed by atoms with E-state index in [-0.39, 0.29) is 0 Å². The van der Waals surface area contributed by atoms with E-state index in [1.165, 1.54) is 37.0 Å². The normalized spacial score (nSPS) is 18.9. The molecule has 1 saturated carbocycles. The van der Waals surface area contributed by atoms with Crippen LogP contribution in [0.3, 0.4) is 0 Å². The molecule has 0 aliphatic heterocycles. The van der Waals surface area contributed by atoms with Gasteiger partial charge < -0.3 is 0 Å². The molecule has 0 radical (unpaired) electrons. The van der Waals surface area contributed by atoms with Crippen LogP contribution >= 0.6 is 11.8 Å². The number of amides is 1. The summed E-state index contributed by atoms with van der Waals surface area (Å²) in [6.07, 6.45) is 10.6. The first kappa shape index (κ1) is 18.5. The minimum atomic E-state index is -1.90. The Labute approximate surface area is 136 Å². The molecule has 0 aromatic carbocycles. The Kier molecular flexibility index (Phi) is 9.03. The zero-order valence-corrected chi connectivity index (χ0v) is 15.8. The second-order valence-electron chi connectivity index (χ2n) is 5.74. The summed E-state index contributed by atoms with van der Waals surface area (Å²) in [7, 11) is 1.62. The van der Waals surface area contributed by atoms with Gasteiger partial charge in [0.15, 0.2) is 0 Å². The predicted octanol–water partition coefficient (Wildman–Crippen LogP) is 3.31. The first-order chi connectivity index (χ1) is 10.1. The van der Waals surface area contributed by atoms with Crippen LogP contribution in [0.25, 0.3) is 0 Å². The molecule has 0 aromatic heterocycles. The van der Waals surface area contributed by atoms with Crippen LogP contribution in [0, 0.1) is 17.4 Å². The third-order valence-electron chi connectivity index (χ3n) is 4.12. The quantitative estimate of drug-likeness (QED) is 0.547. The van der Waals surface area contributed by atoms with Gasteiger partial charge in [0.2, 0.25) is 0 Å². The number of carboxylic acid groups (broad SMARTS) is 1. The molecular weight excluding hydrogens is 349 g/mol. The zero-order chi connectivity index (χ0) is 15.7. The fourth-order valence-electron chi connectivity index (χ4n) is 3.00. The minimum absolute atomic E-state index is 0.307. The summed E-state index contributed by atoms with van der Waals surface area (Å²) in [5.41, 5.74) is 0. The van der Waals surface area contributed by atoms with Crippen LogP contribution in [-0.4, -0.2) is 54.9 Å². The molecule has 1 aliphatic rings. The van der Waals surface area contributed by atoms with Gasteiger partial charge in [-0.15, -0.1) is 0 Å². The number of hydrogen-bond acceptors (Lipinski definition) is 4. The van der Waals surface area contributed by atoms with Crippen LogP contribution in [-0.2, 0) is 0 Å². The fourth-order valence-corrected chi connectivity index (χ4v) is 10.3. The van der Waals surface area contributed by atoms with E-state index in [2.05, 4.69) is 3.86 Å². The summed E-state index contributed by atoms with van der Waals surface area (Å²) in [4.78, 5) is 12.5. The molecule has 1 aliphatic carbocycles. The molecule has 1 fully saturated rings. The van der Waals surface area contributed by atoms with E-state index in [0.29, 0.717) is 17.2 Å². The summed E-state index contributed by atoms with van der Waals surface area (Å²) in [6, 6.07) is 0. The van der Waals surface area contributed by atoms with Crippen molar-refractivity contribution < 1.29 is 9.90 Å². The van der Waals surface area contributed by atoms with Gasteiger partial charge in [0.1, 0.15) is 0 Å². The van der Waals surface area contributed by atoms with E-state index < -0.39 is 20.6 Å². The molecule has 120 valence electrons. The summed E-state index contributed by atoms with van der Waals surface area (Å²) in [5.74, 6) is 0.698. The first-order valence-electron chi connectivity index (χ1n) is 7.47. The van der Waals surface area contributed by atoms with Crippen molar-refractivity contribution in [2.24, 2.45) is 9.78 Å². The van der Waals surface area contributed by atoms with Crippen molar-refractivity contribution in [3.8, 4) is 6.19 Å². The fraction of sp³-hybridized carbons (Fsp3) is 0.857. The maximum atomic E-state index is 11.1. The Morgan fingerprint density at radius 3 is 2.71 bits per heavy atom. The van der Waals surface area contributed by atoms with Crippen LogP contribution in [0.5, 0.6) is 0 Å². The van der Waals surface area contributed by atoms with Crippen molar-refractivity contribution >= 4 is 32.3 Å². The van der Waals surface area contributed by atoms with Crippen molar-refractivity contribution in [1.29, 1.82) is 5.26 Å². The molecule has 0 spiro atoms. The van der Waals surface area contributed by atoms with Gasteiger partial charge in [-0.05, 0) is 0 Å². The number of thioether (sulfide) groups is 1. The van der Waals surface area contributed by atoms with Crippen molar-refractivity contribution in [1.82, 2.24) is 4.90 Å². The molecule has 5 nitrogen and oxygen atoms in total. The van der Waals surface area contributed by atoms with E-state index in [4.69, 9.17) is 10.4 Å². The third-order valence-corrected chi connectivity index (χ3v) is 12.1. The summed E-state index contributed by atoms with van der Waals surface area (Å²) < 4.78 is 5.47. The van der Waals surface area contributed by atoms with Gasteiger partial charge >= 0.3 is 136 Å². The Balaban J connectivity index is 2.78. The van der Waals surface area contributed by atoms with Crippen molar-refractivity contribution in [2.45, 2.75) is 43.2 Å².